The molecule has 34 heavy (non-hydrogen) atoms. The fraction of sp³-hybridized carbons (Fsp3) is 0.333. The van der Waals surface area contributed by atoms with Gasteiger partial charge in [-0.05, 0) is 50.7 Å². The summed E-state index contributed by atoms with van der Waals surface area (Å²) in [5, 5.41) is 4.13. The highest BCUT2D eigenvalue weighted by atomic mass is 32.2. The van der Waals surface area contributed by atoms with Crippen molar-refractivity contribution in [3.05, 3.63) is 71.8 Å². The van der Waals surface area contributed by atoms with Crippen molar-refractivity contribution >= 4 is 39.9 Å². The fourth-order valence-corrected chi connectivity index (χ4v) is 5.04. The van der Waals surface area contributed by atoms with Gasteiger partial charge in [0.25, 0.3) is 0 Å². The summed E-state index contributed by atoms with van der Waals surface area (Å²) in [6, 6.07) is 15.3. The second-order valence-corrected chi connectivity index (χ2v) is 9.21. The molecule has 1 aliphatic rings. The lowest BCUT2D eigenvalue weighted by Gasteiger charge is -2.26. The zero-order valence-electron chi connectivity index (χ0n) is 18.8. The molecule has 182 valence electrons. The highest BCUT2D eigenvalue weighted by Crippen LogP contribution is 2.43. The van der Waals surface area contributed by atoms with Gasteiger partial charge < -0.3 is 10.1 Å². The monoisotopic (exact) mass is 511 g/mol. The maximum atomic E-state index is 13.3. The lowest BCUT2D eigenvalue weighted by molar-refractivity contribution is -0.253. The summed E-state index contributed by atoms with van der Waals surface area (Å²) in [6.07, 6.45) is -6.54. The summed E-state index contributed by atoms with van der Waals surface area (Å²) in [5.74, 6) is -0.401. The van der Waals surface area contributed by atoms with Gasteiger partial charge in [-0.15, -0.1) is 0 Å². The molecule has 1 heterocycles. The quantitative estimate of drug-likeness (QED) is 0.243. The molecule has 0 radical (unpaired) electrons. The Morgan fingerprint density at radius 2 is 1.94 bits per heavy atom. The number of amidine groups is 1. The van der Waals surface area contributed by atoms with Crippen molar-refractivity contribution in [2.24, 2.45) is 4.99 Å². The largest absolute Gasteiger partial charge is 0.461 e. The molecule has 0 bridgehead atoms. The third kappa shape index (κ3) is 6.29. The van der Waals surface area contributed by atoms with Crippen molar-refractivity contribution in [2.75, 3.05) is 11.9 Å². The highest BCUT2D eigenvalue weighted by molar-refractivity contribution is 8.14. The minimum absolute atomic E-state index is 0.0559. The number of nitrogens with zero attached hydrogens (tertiary/aromatic N) is 2. The average Bonchev–Trinajstić information content (AvgIpc) is 3.14. The van der Waals surface area contributed by atoms with Gasteiger partial charge >= 0.3 is 12.5 Å². The molecule has 1 N–H and O–H groups in total. The molecule has 1 aliphatic heterocycles. The van der Waals surface area contributed by atoms with Gasteiger partial charge in [0.2, 0.25) is 0 Å². The topological polar surface area (TPSA) is 36.9 Å². The molecule has 0 amide bonds. The van der Waals surface area contributed by atoms with Gasteiger partial charge in [0.15, 0.2) is 10.3 Å². The number of hydrogen-bond acceptors (Lipinski definition) is 4. The first-order valence-electron chi connectivity index (χ1n) is 10.6. The van der Waals surface area contributed by atoms with Gasteiger partial charge in [-0.25, -0.2) is 0 Å². The molecule has 2 unspecified atom stereocenters. The van der Waals surface area contributed by atoms with Crippen molar-refractivity contribution in [3.8, 4) is 5.75 Å². The number of thiocarbonyl (C=S) groups is 1. The normalized spacial score (nSPS) is 20.2. The second-order valence-electron chi connectivity index (χ2n) is 7.72. The summed E-state index contributed by atoms with van der Waals surface area (Å²) in [4.78, 5) is 6.64. The van der Waals surface area contributed by atoms with Crippen LogP contribution in [0.5, 0.6) is 5.75 Å². The van der Waals surface area contributed by atoms with E-state index < -0.39 is 18.3 Å². The van der Waals surface area contributed by atoms with E-state index >= 15 is 0 Å². The van der Waals surface area contributed by atoms with Crippen LogP contribution in [0.15, 0.2) is 71.2 Å². The number of rotatable bonds is 7. The minimum atomic E-state index is -4.59. The van der Waals surface area contributed by atoms with Crippen LogP contribution in [0.4, 0.5) is 23.2 Å². The molecular weight excluding hydrogens is 486 g/mol. The molecule has 2 atom stereocenters. The number of allylic oxidation sites excluding steroid dienone is 1. The Labute approximate surface area is 206 Å². The van der Waals surface area contributed by atoms with E-state index in [-0.39, 0.29) is 11.3 Å². The Kier molecular flexibility index (Phi) is 8.59. The number of alkyl halides is 4. The van der Waals surface area contributed by atoms with E-state index in [4.69, 9.17) is 17.2 Å². The number of benzene rings is 2. The summed E-state index contributed by atoms with van der Waals surface area (Å²) in [5.41, 5.74) is 2.56. The first kappa shape index (κ1) is 26.0. The first-order valence-corrected chi connectivity index (χ1v) is 11.8. The standard InChI is InChI=1S/C24H25F4N3OS2/c1-4-15(2)14-29-23-31(16(3)20(34-23)17-9-6-5-7-10-17)22(33)30-18-11-8-12-19(13-18)32-24(27,28)21(25)26/h4-13,16,20-21H,14H2,1-3H3,(H,30,33). The molecule has 1 fully saturated rings. The Morgan fingerprint density at radius 3 is 2.59 bits per heavy atom. The Bertz CT molecular complexity index is 1060. The predicted octanol–water partition coefficient (Wildman–Crippen LogP) is 7.12. The predicted molar refractivity (Wildman–Crippen MR) is 134 cm³/mol. The SMILES string of the molecule is CC=C(C)CN=C1SC(c2ccccc2)C(C)N1C(=S)Nc1cccc(OC(F)(F)C(F)F)c1. The molecule has 0 aliphatic carbocycles. The fourth-order valence-electron chi connectivity index (χ4n) is 3.26. The van der Waals surface area contributed by atoms with Gasteiger partial charge in [0, 0.05) is 11.8 Å². The lowest BCUT2D eigenvalue weighted by Crippen LogP contribution is -2.41. The van der Waals surface area contributed by atoms with Crippen LogP contribution in [0.2, 0.25) is 0 Å². The van der Waals surface area contributed by atoms with Crippen LogP contribution in [0.25, 0.3) is 0 Å². The van der Waals surface area contributed by atoms with Crippen molar-refractivity contribution in [1.82, 2.24) is 4.90 Å². The molecule has 0 aromatic heterocycles. The van der Waals surface area contributed by atoms with Crippen molar-refractivity contribution in [2.45, 2.75) is 44.6 Å². The second kappa shape index (κ2) is 11.2. The van der Waals surface area contributed by atoms with Crippen LogP contribution in [0.3, 0.4) is 0 Å². The van der Waals surface area contributed by atoms with E-state index in [1.54, 1.807) is 17.8 Å². The minimum Gasteiger partial charge on any atom is -0.428 e. The van der Waals surface area contributed by atoms with Crippen LogP contribution in [0.1, 0.15) is 31.6 Å². The number of thioether (sulfide) groups is 1. The van der Waals surface area contributed by atoms with Gasteiger partial charge in [0.05, 0.1) is 17.8 Å². The Balaban J connectivity index is 1.84. The average molecular weight is 512 g/mol. The summed E-state index contributed by atoms with van der Waals surface area (Å²) < 4.78 is 55.8. The van der Waals surface area contributed by atoms with E-state index in [1.165, 1.54) is 18.2 Å². The number of aliphatic imine (C=N–C) groups is 1. The molecule has 0 spiro atoms. The molecule has 0 saturated carbocycles. The molecule has 1 saturated heterocycles. The molecule has 2 aromatic carbocycles. The van der Waals surface area contributed by atoms with Crippen LogP contribution < -0.4 is 10.1 Å². The zero-order valence-corrected chi connectivity index (χ0v) is 20.5. The number of halogens is 4. The molecular formula is C24H25F4N3OS2. The Hall–Kier alpha value is -2.59. The zero-order chi connectivity index (χ0) is 24.9. The van der Waals surface area contributed by atoms with E-state index in [2.05, 4.69) is 10.1 Å². The molecule has 2 aromatic rings. The van der Waals surface area contributed by atoms with Crippen LogP contribution >= 0.6 is 24.0 Å². The molecule has 10 heteroatoms. The summed E-state index contributed by atoms with van der Waals surface area (Å²) >= 11 is 7.25. The number of anilines is 1. The van der Waals surface area contributed by atoms with Crippen LogP contribution in [0, 0.1) is 0 Å². The molecule has 3 rings (SSSR count). The van der Waals surface area contributed by atoms with Crippen LogP contribution in [-0.2, 0) is 0 Å². The van der Waals surface area contributed by atoms with Gasteiger partial charge in [-0.1, -0.05) is 59.8 Å². The smallest absolute Gasteiger partial charge is 0.428 e. The van der Waals surface area contributed by atoms with E-state index in [0.717, 1.165) is 16.3 Å². The van der Waals surface area contributed by atoms with E-state index in [0.29, 0.717) is 17.3 Å². The van der Waals surface area contributed by atoms with Gasteiger partial charge in [-0.3, -0.25) is 9.89 Å². The van der Waals surface area contributed by atoms with Crippen molar-refractivity contribution in [1.29, 1.82) is 0 Å². The Morgan fingerprint density at radius 1 is 1.24 bits per heavy atom. The number of nitrogens with one attached hydrogen (secondary N) is 1. The number of ether oxygens (including phenoxy) is 1. The first-order chi connectivity index (χ1) is 16.1. The van der Waals surface area contributed by atoms with Crippen molar-refractivity contribution in [3.63, 3.8) is 0 Å². The van der Waals surface area contributed by atoms with Crippen LogP contribution in [-0.4, -0.2) is 40.3 Å². The van der Waals surface area contributed by atoms with Crippen molar-refractivity contribution < 1.29 is 22.3 Å². The van der Waals surface area contributed by atoms with Gasteiger partial charge in [0.1, 0.15) is 5.75 Å². The number of hydrogen-bond donors (Lipinski definition) is 1. The van der Waals surface area contributed by atoms with E-state index in [9.17, 15) is 17.6 Å². The maximum Gasteiger partial charge on any atom is 0.461 e. The van der Waals surface area contributed by atoms with E-state index in [1.807, 2.05) is 62.1 Å². The lowest BCUT2D eigenvalue weighted by atomic mass is 10.1. The highest BCUT2D eigenvalue weighted by Gasteiger charge is 2.44. The van der Waals surface area contributed by atoms with Gasteiger partial charge in [-0.2, -0.15) is 17.6 Å². The third-order valence-electron chi connectivity index (χ3n) is 5.18. The maximum absolute atomic E-state index is 13.3. The summed E-state index contributed by atoms with van der Waals surface area (Å²) in [7, 11) is 0. The summed E-state index contributed by atoms with van der Waals surface area (Å²) in [6.45, 7) is 6.48. The third-order valence-corrected chi connectivity index (χ3v) is 6.94. The molecule has 4 nitrogen and oxygen atoms in total.